The molecule has 0 unspecified atom stereocenters. The number of nitrogens with zero attached hydrogens (tertiary/aromatic N) is 1. The molecule has 0 saturated heterocycles. The highest BCUT2D eigenvalue weighted by molar-refractivity contribution is 9.10. The highest BCUT2D eigenvalue weighted by atomic mass is 79.9. The molecule has 0 N–H and O–H groups in total. The number of ether oxygens (including phenoxy) is 2. The lowest BCUT2D eigenvalue weighted by molar-refractivity contribution is -0.129. The number of rotatable bonds is 3. The lowest BCUT2D eigenvalue weighted by atomic mass is 10.2. The summed E-state index contributed by atoms with van der Waals surface area (Å²) in [6, 6.07) is 10.4. The first-order valence-corrected chi connectivity index (χ1v) is 8.35. The molecule has 4 nitrogen and oxygen atoms in total. The van der Waals surface area contributed by atoms with Gasteiger partial charge in [-0.1, -0.05) is 35.3 Å². The highest BCUT2D eigenvalue weighted by Crippen LogP contribution is 2.30. The fraction of sp³-hybridized carbons (Fsp3) is 0.0588. The molecule has 0 atom stereocenters. The molecule has 0 aromatic heterocycles. The van der Waals surface area contributed by atoms with Crippen molar-refractivity contribution >= 4 is 57.1 Å². The molecule has 2 aromatic rings. The fourth-order valence-electron chi connectivity index (χ4n) is 2.11. The number of aliphatic imine (C=N–C) groups is 1. The molecule has 1 aliphatic heterocycles. The van der Waals surface area contributed by atoms with E-state index in [1.807, 2.05) is 0 Å². The van der Waals surface area contributed by atoms with E-state index < -0.39 is 5.97 Å². The molecular weight excluding hydrogens is 417 g/mol. The summed E-state index contributed by atoms with van der Waals surface area (Å²) in [7, 11) is 1.57. The molecule has 1 aliphatic rings. The first-order valence-electron chi connectivity index (χ1n) is 6.80. The van der Waals surface area contributed by atoms with Crippen LogP contribution in [0.2, 0.25) is 10.0 Å². The molecule has 0 spiro atoms. The van der Waals surface area contributed by atoms with Crippen LogP contribution in [0, 0.1) is 0 Å². The van der Waals surface area contributed by atoms with Gasteiger partial charge in [0.1, 0.15) is 5.75 Å². The maximum atomic E-state index is 12.0. The summed E-state index contributed by atoms with van der Waals surface area (Å²) in [6.07, 6.45) is 1.54. The molecule has 0 fully saturated rings. The Balaban J connectivity index is 1.97. The van der Waals surface area contributed by atoms with Crippen LogP contribution >= 0.6 is 39.1 Å². The van der Waals surface area contributed by atoms with Crippen LogP contribution in [0.5, 0.6) is 5.75 Å². The summed E-state index contributed by atoms with van der Waals surface area (Å²) in [4.78, 5) is 16.3. The maximum absolute atomic E-state index is 12.0. The van der Waals surface area contributed by atoms with E-state index in [0.29, 0.717) is 26.9 Å². The highest BCUT2D eigenvalue weighted by Gasteiger charge is 2.25. The quantitative estimate of drug-likeness (QED) is 0.506. The molecule has 122 valence electrons. The number of carbonyl (C=O) groups is 1. The molecule has 7 heteroatoms. The van der Waals surface area contributed by atoms with Gasteiger partial charge in [0.05, 0.1) is 21.6 Å². The van der Waals surface area contributed by atoms with Crippen molar-refractivity contribution in [3.8, 4) is 5.75 Å². The Labute approximate surface area is 156 Å². The van der Waals surface area contributed by atoms with Crippen molar-refractivity contribution in [1.29, 1.82) is 0 Å². The van der Waals surface area contributed by atoms with Crippen LogP contribution in [0.25, 0.3) is 6.08 Å². The Morgan fingerprint density at radius 1 is 1.25 bits per heavy atom. The van der Waals surface area contributed by atoms with Gasteiger partial charge in [-0.15, -0.1) is 0 Å². The van der Waals surface area contributed by atoms with Crippen LogP contribution in [-0.4, -0.2) is 19.0 Å². The fourth-order valence-corrected chi connectivity index (χ4v) is 3.01. The van der Waals surface area contributed by atoms with E-state index in [2.05, 4.69) is 20.9 Å². The van der Waals surface area contributed by atoms with Crippen LogP contribution < -0.4 is 4.74 Å². The molecule has 0 bridgehead atoms. The summed E-state index contributed by atoms with van der Waals surface area (Å²) in [5, 5.41) is 0.760. The maximum Gasteiger partial charge on any atom is 0.363 e. The monoisotopic (exact) mass is 425 g/mol. The molecule has 0 aliphatic carbocycles. The molecule has 0 amide bonds. The van der Waals surface area contributed by atoms with Gasteiger partial charge in [0.25, 0.3) is 0 Å². The first-order chi connectivity index (χ1) is 11.5. The molecular formula is C17H10BrCl2NO3. The number of methoxy groups -OCH3 is 1. The van der Waals surface area contributed by atoms with Gasteiger partial charge >= 0.3 is 5.97 Å². The van der Waals surface area contributed by atoms with Crippen LogP contribution in [0.4, 0.5) is 0 Å². The van der Waals surface area contributed by atoms with Crippen molar-refractivity contribution in [2.24, 2.45) is 4.99 Å². The van der Waals surface area contributed by atoms with E-state index in [4.69, 9.17) is 32.7 Å². The van der Waals surface area contributed by atoms with Gasteiger partial charge in [-0.2, -0.15) is 0 Å². The average molecular weight is 427 g/mol. The second-order valence-corrected chi connectivity index (χ2v) is 6.47. The minimum atomic E-state index is -0.548. The third-order valence-corrected chi connectivity index (χ3v) is 4.75. The number of benzene rings is 2. The predicted octanol–water partition coefficient (Wildman–Crippen LogP) is 5.11. The minimum absolute atomic E-state index is 0.154. The molecule has 1 heterocycles. The lowest BCUT2D eigenvalue weighted by Crippen LogP contribution is -2.05. The zero-order chi connectivity index (χ0) is 17.3. The van der Waals surface area contributed by atoms with Crippen molar-refractivity contribution < 1.29 is 14.3 Å². The van der Waals surface area contributed by atoms with Crippen molar-refractivity contribution in [3.05, 3.63) is 67.7 Å². The smallest absolute Gasteiger partial charge is 0.363 e. The molecule has 0 radical (unpaired) electrons. The van der Waals surface area contributed by atoms with Crippen molar-refractivity contribution in [2.75, 3.05) is 7.11 Å². The molecule has 2 aromatic carbocycles. The van der Waals surface area contributed by atoms with Crippen LogP contribution in [-0.2, 0) is 9.53 Å². The number of carbonyl (C=O) groups excluding carboxylic acids is 1. The summed E-state index contributed by atoms with van der Waals surface area (Å²) >= 11 is 15.5. The van der Waals surface area contributed by atoms with Crippen molar-refractivity contribution in [3.63, 3.8) is 0 Å². The number of esters is 1. The minimum Gasteiger partial charge on any atom is -0.496 e. The second kappa shape index (κ2) is 6.97. The Hall–Kier alpha value is -1.82. The number of cyclic esters (lactones) is 1. The number of hydrogen-bond donors (Lipinski definition) is 0. The zero-order valence-electron chi connectivity index (χ0n) is 12.3. The van der Waals surface area contributed by atoms with E-state index in [9.17, 15) is 4.79 Å². The van der Waals surface area contributed by atoms with E-state index >= 15 is 0 Å². The SMILES string of the molecule is COc1ccc(C2=N/C(=C/c3cccc(Cl)c3Cl)C(=O)O2)cc1Br. The van der Waals surface area contributed by atoms with Gasteiger partial charge in [-0.25, -0.2) is 9.79 Å². The zero-order valence-corrected chi connectivity index (χ0v) is 15.4. The Bertz CT molecular complexity index is 893. The third-order valence-electron chi connectivity index (χ3n) is 3.29. The summed E-state index contributed by atoms with van der Waals surface area (Å²) in [6.45, 7) is 0. The molecule has 24 heavy (non-hydrogen) atoms. The van der Waals surface area contributed by atoms with Gasteiger partial charge in [0.15, 0.2) is 5.70 Å². The van der Waals surface area contributed by atoms with Gasteiger partial charge in [-0.3, -0.25) is 0 Å². The van der Waals surface area contributed by atoms with Gasteiger partial charge in [-0.05, 0) is 51.8 Å². The van der Waals surface area contributed by atoms with Crippen molar-refractivity contribution in [1.82, 2.24) is 0 Å². The van der Waals surface area contributed by atoms with E-state index in [-0.39, 0.29) is 11.6 Å². The largest absolute Gasteiger partial charge is 0.496 e. The van der Waals surface area contributed by atoms with Gasteiger partial charge in [0.2, 0.25) is 5.90 Å². The van der Waals surface area contributed by atoms with Gasteiger partial charge in [0, 0.05) is 5.56 Å². The normalized spacial score (nSPS) is 15.4. The topological polar surface area (TPSA) is 47.9 Å². The predicted molar refractivity (Wildman–Crippen MR) is 97.8 cm³/mol. The lowest BCUT2D eigenvalue weighted by Gasteiger charge is -2.05. The summed E-state index contributed by atoms with van der Waals surface area (Å²) in [5.74, 6) is 0.339. The van der Waals surface area contributed by atoms with E-state index in [1.165, 1.54) is 0 Å². The van der Waals surface area contributed by atoms with Crippen LogP contribution in [0.15, 0.2) is 51.6 Å². The van der Waals surface area contributed by atoms with E-state index in [0.717, 1.165) is 4.47 Å². The van der Waals surface area contributed by atoms with Crippen molar-refractivity contribution in [2.45, 2.75) is 0 Å². The first kappa shape index (κ1) is 17.0. The second-order valence-electron chi connectivity index (χ2n) is 4.83. The van der Waals surface area contributed by atoms with Crippen LogP contribution in [0.3, 0.4) is 0 Å². The Morgan fingerprint density at radius 3 is 2.75 bits per heavy atom. The van der Waals surface area contributed by atoms with Gasteiger partial charge < -0.3 is 9.47 Å². The van der Waals surface area contributed by atoms with E-state index in [1.54, 1.807) is 49.6 Å². The molecule has 0 saturated carbocycles. The molecule has 3 rings (SSSR count). The summed E-state index contributed by atoms with van der Waals surface area (Å²) in [5.41, 5.74) is 1.40. The number of halogens is 3. The van der Waals surface area contributed by atoms with Crippen LogP contribution in [0.1, 0.15) is 11.1 Å². The third kappa shape index (κ3) is 3.34. The standard InChI is InChI=1S/C17H10BrCl2NO3/c1-23-14-6-5-10(7-11(14)18)16-21-13(17(22)24-16)8-9-3-2-4-12(19)15(9)20/h2-8H,1H3/b13-8+. The summed E-state index contributed by atoms with van der Waals surface area (Å²) < 4.78 is 11.1. The number of hydrogen-bond acceptors (Lipinski definition) is 4. The average Bonchev–Trinajstić information content (AvgIpc) is 2.92. The Kier molecular flexibility index (Phi) is 4.94. The Morgan fingerprint density at radius 2 is 2.04 bits per heavy atom.